The second-order valence-electron chi connectivity index (χ2n) is 7.94. The van der Waals surface area contributed by atoms with E-state index < -0.39 is 17.3 Å². The molecule has 1 aliphatic carbocycles. The van der Waals surface area contributed by atoms with Crippen LogP contribution in [0, 0.1) is 0 Å². The minimum Gasteiger partial charge on any atom is -0.0812 e. The minimum atomic E-state index is -0.943. The Balaban J connectivity index is 2.16. The van der Waals surface area contributed by atoms with Crippen molar-refractivity contribution in [3.63, 3.8) is 0 Å². The van der Waals surface area contributed by atoms with E-state index in [2.05, 4.69) is 253 Å². The summed E-state index contributed by atoms with van der Waals surface area (Å²) in [7, 11) is 0. The summed E-state index contributed by atoms with van der Waals surface area (Å²) in [5, 5.41) is 2.25. The van der Waals surface area contributed by atoms with Gasteiger partial charge in [-0.05, 0) is 91.2 Å². The average Bonchev–Trinajstić information content (AvgIpc) is 2.82. The molecule has 0 spiro atoms. The standard InChI is InChI=1S/C22H8Br14/c23-13-11-12(14(24)16(26)15(13)25)18(28,22(35,36)20(31,32)17(11)27)21(33,34)19(29,30)10-7-3-5-8-4-1-2-6-9(8)10/h1-7,17H. The molecule has 0 fully saturated rings. The zero-order chi connectivity index (χ0) is 27.2. The Hall–Kier alpha value is 4.64. The van der Waals surface area contributed by atoms with Crippen LogP contribution in [-0.2, 0) is 7.56 Å². The third kappa shape index (κ3) is 4.72. The summed E-state index contributed by atoms with van der Waals surface area (Å²) in [5.74, 6) is 0. The van der Waals surface area contributed by atoms with E-state index in [0.717, 1.165) is 45.4 Å². The molecule has 0 saturated carbocycles. The topological polar surface area (TPSA) is 0 Å². The van der Waals surface area contributed by atoms with Crippen LogP contribution in [0.15, 0.2) is 60.4 Å². The van der Waals surface area contributed by atoms with Crippen LogP contribution >= 0.6 is 223 Å². The smallest absolute Gasteiger partial charge is 0.0812 e. The number of alkyl halides is 10. The van der Waals surface area contributed by atoms with Crippen LogP contribution in [0.1, 0.15) is 21.5 Å². The Morgan fingerprint density at radius 2 is 1.19 bits per heavy atom. The molecule has 3 aromatic rings. The van der Waals surface area contributed by atoms with Crippen LogP contribution in [0.5, 0.6) is 0 Å². The van der Waals surface area contributed by atoms with Gasteiger partial charge in [0.05, 0.1) is 4.83 Å². The predicted octanol–water partition coefficient (Wildman–Crippen LogP) is 15.0. The highest BCUT2D eigenvalue weighted by molar-refractivity contribution is 9.32. The summed E-state index contributed by atoms with van der Waals surface area (Å²) in [6.45, 7) is 0. The highest BCUT2D eigenvalue weighted by Crippen LogP contribution is 2.80. The van der Waals surface area contributed by atoms with Gasteiger partial charge in [-0.1, -0.05) is 202 Å². The van der Waals surface area contributed by atoms with Crippen LogP contribution < -0.4 is 0 Å². The van der Waals surface area contributed by atoms with Crippen molar-refractivity contribution in [2.75, 3.05) is 0 Å². The van der Waals surface area contributed by atoms with Crippen molar-refractivity contribution < 1.29 is 0 Å². The number of hydrogen-bond acceptors (Lipinski definition) is 0. The molecule has 2 unspecified atom stereocenters. The van der Waals surface area contributed by atoms with E-state index >= 15 is 0 Å². The fraction of sp³-hybridized carbons (Fsp3) is 0.273. The molecule has 4 rings (SSSR count). The third-order valence-corrected chi connectivity index (χ3v) is 30.1. The summed E-state index contributed by atoms with van der Waals surface area (Å²) in [6, 6.07) is 14.6. The Bertz CT molecular complexity index is 1370. The van der Waals surface area contributed by atoms with Gasteiger partial charge in [0.1, 0.15) is 17.3 Å². The molecule has 2 atom stereocenters. The van der Waals surface area contributed by atoms with Crippen molar-refractivity contribution in [1.29, 1.82) is 0 Å². The minimum absolute atomic E-state index is 0.187. The first-order chi connectivity index (χ1) is 16.4. The molecule has 0 aliphatic heterocycles. The van der Waals surface area contributed by atoms with Gasteiger partial charge in [0.15, 0.2) is 0 Å². The van der Waals surface area contributed by atoms with Crippen molar-refractivity contribution in [1.82, 2.24) is 0 Å². The molecule has 14 heteroatoms. The maximum atomic E-state index is 4.27. The number of benzene rings is 3. The molecular weight excluding hydrogens is 1380 g/mol. The van der Waals surface area contributed by atoms with Crippen LogP contribution in [-0.4, -0.2) is 9.70 Å². The van der Waals surface area contributed by atoms with Gasteiger partial charge in [-0.25, -0.2) is 0 Å². The third-order valence-electron chi connectivity index (χ3n) is 6.03. The van der Waals surface area contributed by atoms with Crippen LogP contribution in [0.2, 0.25) is 0 Å². The van der Waals surface area contributed by atoms with E-state index in [1.54, 1.807) is 0 Å². The van der Waals surface area contributed by atoms with Crippen molar-refractivity contribution in [3.05, 3.63) is 77.0 Å². The molecular formula is C22H8Br14. The van der Waals surface area contributed by atoms with Gasteiger partial charge in [-0.15, -0.1) is 0 Å². The molecule has 3 aromatic carbocycles. The Morgan fingerprint density at radius 1 is 0.667 bits per heavy atom. The van der Waals surface area contributed by atoms with Crippen molar-refractivity contribution in [2.24, 2.45) is 0 Å². The fourth-order valence-electron chi connectivity index (χ4n) is 4.19. The lowest BCUT2D eigenvalue weighted by Crippen LogP contribution is -2.64. The molecule has 0 amide bonds. The molecule has 0 bridgehead atoms. The fourth-order valence-corrected chi connectivity index (χ4v) is 17.2. The zero-order valence-corrected chi connectivity index (χ0v) is 39.1. The molecule has 1 aliphatic rings. The first-order valence-electron chi connectivity index (χ1n) is 9.57. The predicted molar refractivity (Wildman–Crippen MR) is 205 cm³/mol. The van der Waals surface area contributed by atoms with Crippen molar-refractivity contribution in [3.8, 4) is 0 Å². The highest BCUT2D eigenvalue weighted by atomic mass is 79.9. The highest BCUT2D eigenvalue weighted by Gasteiger charge is 2.76. The molecule has 0 heterocycles. The van der Waals surface area contributed by atoms with E-state index in [0.29, 0.717) is 0 Å². The normalized spacial score (nSPS) is 23.6. The van der Waals surface area contributed by atoms with E-state index in [4.69, 9.17) is 0 Å². The van der Waals surface area contributed by atoms with E-state index in [1.807, 2.05) is 12.1 Å². The second-order valence-corrected chi connectivity index (χ2v) is 27.1. The molecule has 0 saturated heterocycles. The van der Waals surface area contributed by atoms with Crippen molar-refractivity contribution in [2.45, 2.75) is 22.1 Å². The van der Waals surface area contributed by atoms with Gasteiger partial charge in [0.25, 0.3) is 0 Å². The average molecular weight is 1390 g/mol. The zero-order valence-electron chi connectivity index (χ0n) is 16.9. The van der Waals surface area contributed by atoms with Gasteiger partial charge < -0.3 is 0 Å². The number of halogens is 14. The summed E-state index contributed by atoms with van der Waals surface area (Å²) in [6.07, 6.45) is 0. The Kier molecular flexibility index (Phi) is 10.7. The lowest BCUT2D eigenvalue weighted by Gasteiger charge is -2.60. The van der Waals surface area contributed by atoms with E-state index in [1.165, 1.54) is 0 Å². The molecule has 0 aromatic heterocycles. The molecule has 0 N–H and O–H groups in total. The van der Waals surface area contributed by atoms with Crippen LogP contribution in [0.4, 0.5) is 0 Å². The summed E-state index contributed by atoms with van der Waals surface area (Å²) in [4.78, 5) is -0.187. The van der Waals surface area contributed by atoms with Gasteiger partial charge >= 0.3 is 0 Å². The first-order valence-corrected chi connectivity index (χ1v) is 20.8. The van der Waals surface area contributed by atoms with Gasteiger partial charge in [-0.3, -0.25) is 0 Å². The molecule has 0 nitrogen and oxygen atoms in total. The number of hydrogen-bond donors (Lipinski definition) is 0. The molecule has 194 valence electrons. The Morgan fingerprint density at radius 3 is 1.81 bits per heavy atom. The first kappa shape index (κ1) is 33.5. The van der Waals surface area contributed by atoms with Gasteiger partial charge in [0.2, 0.25) is 0 Å². The molecule has 36 heavy (non-hydrogen) atoms. The lowest BCUT2D eigenvalue weighted by molar-refractivity contribution is 0.467. The summed E-state index contributed by atoms with van der Waals surface area (Å²) < 4.78 is -0.761. The van der Waals surface area contributed by atoms with E-state index in [-0.39, 0.29) is 4.83 Å². The molecule has 0 radical (unpaired) electrons. The quantitative estimate of drug-likeness (QED) is 0.139. The van der Waals surface area contributed by atoms with Gasteiger partial charge in [0, 0.05) is 17.9 Å². The van der Waals surface area contributed by atoms with Crippen molar-refractivity contribution >= 4 is 234 Å². The largest absolute Gasteiger partial charge is 0.133 e. The second kappa shape index (κ2) is 11.5. The maximum Gasteiger partial charge on any atom is 0.133 e. The summed E-state index contributed by atoms with van der Waals surface area (Å²) in [5.41, 5.74) is 3.04. The SMILES string of the molecule is Brc1c(Br)c(Br)c2c(c1Br)C(Br)C(Br)(Br)C(Br)(Br)C2(Br)C(Br)(Br)C(Br)(Br)c1cccc2ccccc12. The number of rotatable bonds is 3. The van der Waals surface area contributed by atoms with Crippen LogP contribution in [0.3, 0.4) is 0 Å². The van der Waals surface area contributed by atoms with E-state index in [9.17, 15) is 0 Å². The monoisotopic (exact) mass is 1380 g/mol. The van der Waals surface area contributed by atoms with Gasteiger partial charge in [-0.2, -0.15) is 0 Å². The lowest BCUT2D eigenvalue weighted by atomic mass is 9.78. The van der Waals surface area contributed by atoms with Crippen LogP contribution in [0.25, 0.3) is 10.8 Å². The number of fused-ring (bicyclic) bond motifs is 2. The maximum absolute atomic E-state index is 4.27. The Labute approximate surface area is 326 Å². The summed E-state index contributed by atoms with van der Waals surface area (Å²) >= 11 is 56.2.